The van der Waals surface area contributed by atoms with Crippen LogP contribution in [0.4, 0.5) is 0 Å². The third-order valence-electron chi connectivity index (χ3n) is 2.29. The first-order valence-electron chi connectivity index (χ1n) is 4.47. The molecule has 0 aromatic heterocycles. The first-order chi connectivity index (χ1) is 7.24. The van der Waals surface area contributed by atoms with Gasteiger partial charge < -0.3 is 9.79 Å². The molecular formula is C11H11O2PS. The maximum Gasteiger partial charge on any atom is 0.200 e. The molecule has 0 saturated carbocycles. The number of benzene rings is 2. The maximum absolute atomic E-state index is 9.30. The molecule has 2 rings (SSSR count). The summed E-state index contributed by atoms with van der Waals surface area (Å²) in [6.45, 7) is 0. The Bertz CT molecular complexity index is 485. The van der Waals surface area contributed by atoms with Crippen LogP contribution in [0.5, 0.6) is 0 Å². The molecule has 0 aliphatic carbocycles. The summed E-state index contributed by atoms with van der Waals surface area (Å²) in [6, 6.07) is 11.5. The highest BCUT2D eigenvalue weighted by molar-refractivity contribution is 7.98. The van der Waals surface area contributed by atoms with Crippen molar-refractivity contribution >= 4 is 36.2 Å². The Balaban J connectivity index is 2.76. The topological polar surface area (TPSA) is 40.5 Å². The van der Waals surface area contributed by atoms with E-state index in [1.807, 2.05) is 36.6 Å². The van der Waals surface area contributed by atoms with E-state index in [4.69, 9.17) is 0 Å². The lowest BCUT2D eigenvalue weighted by Crippen LogP contribution is -2.01. The van der Waals surface area contributed by atoms with E-state index in [1.165, 1.54) is 0 Å². The number of fused-ring (bicyclic) bond motifs is 1. The van der Waals surface area contributed by atoms with E-state index in [1.54, 1.807) is 17.8 Å². The average molecular weight is 238 g/mol. The second kappa shape index (κ2) is 4.50. The molecule has 0 unspecified atom stereocenters. The van der Waals surface area contributed by atoms with Crippen LogP contribution >= 0.6 is 20.1 Å². The largest absolute Gasteiger partial charge is 0.347 e. The molecule has 0 amide bonds. The van der Waals surface area contributed by atoms with Crippen LogP contribution in [0.1, 0.15) is 0 Å². The molecule has 0 spiro atoms. The van der Waals surface area contributed by atoms with Crippen LogP contribution in [0.2, 0.25) is 0 Å². The second-order valence-electron chi connectivity index (χ2n) is 3.12. The minimum atomic E-state index is -2.02. The molecule has 2 nitrogen and oxygen atoms in total. The Morgan fingerprint density at radius 3 is 2.33 bits per heavy atom. The third kappa shape index (κ3) is 2.01. The molecule has 0 saturated heterocycles. The fourth-order valence-corrected chi connectivity index (χ4v) is 2.86. The minimum absolute atomic E-state index is 0.624. The highest BCUT2D eigenvalue weighted by Gasteiger charge is 2.09. The Morgan fingerprint density at radius 2 is 1.67 bits per heavy atom. The van der Waals surface area contributed by atoms with Crippen molar-refractivity contribution in [2.24, 2.45) is 0 Å². The zero-order chi connectivity index (χ0) is 10.8. The van der Waals surface area contributed by atoms with Crippen LogP contribution in [-0.4, -0.2) is 16.0 Å². The average Bonchev–Trinajstić information content (AvgIpc) is 2.27. The van der Waals surface area contributed by atoms with Crippen LogP contribution < -0.4 is 5.30 Å². The Kier molecular flexibility index (Phi) is 3.27. The quantitative estimate of drug-likeness (QED) is 0.623. The van der Waals surface area contributed by atoms with Crippen molar-refractivity contribution < 1.29 is 9.79 Å². The fraction of sp³-hybridized carbons (Fsp3) is 0.0909. The summed E-state index contributed by atoms with van der Waals surface area (Å²) in [5.41, 5.74) is 0. The highest BCUT2D eigenvalue weighted by Crippen LogP contribution is 2.31. The van der Waals surface area contributed by atoms with Gasteiger partial charge >= 0.3 is 0 Å². The van der Waals surface area contributed by atoms with Crippen molar-refractivity contribution in [2.45, 2.75) is 4.90 Å². The van der Waals surface area contributed by atoms with Gasteiger partial charge in [-0.15, -0.1) is 11.8 Å². The number of thioether (sulfide) groups is 1. The van der Waals surface area contributed by atoms with Crippen LogP contribution in [0.25, 0.3) is 10.8 Å². The van der Waals surface area contributed by atoms with Crippen molar-refractivity contribution in [2.75, 3.05) is 6.26 Å². The van der Waals surface area contributed by atoms with Crippen LogP contribution in [0, 0.1) is 0 Å². The summed E-state index contributed by atoms with van der Waals surface area (Å²) >= 11 is 1.66. The van der Waals surface area contributed by atoms with Gasteiger partial charge in [0.15, 0.2) is 8.38 Å². The van der Waals surface area contributed by atoms with Crippen molar-refractivity contribution in [1.29, 1.82) is 0 Å². The molecule has 2 N–H and O–H groups in total. The lowest BCUT2D eigenvalue weighted by atomic mass is 10.1. The van der Waals surface area contributed by atoms with Gasteiger partial charge in [-0.05, 0) is 29.2 Å². The zero-order valence-electron chi connectivity index (χ0n) is 8.21. The second-order valence-corrected chi connectivity index (χ2v) is 5.03. The van der Waals surface area contributed by atoms with Gasteiger partial charge in [0.1, 0.15) is 0 Å². The first-order valence-corrected chi connectivity index (χ1v) is 6.95. The molecule has 2 aromatic rings. The molecule has 0 heterocycles. The van der Waals surface area contributed by atoms with Crippen molar-refractivity contribution in [3.05, 3.63) is 36.4 Å². The molecule has 2 aromatic carbocycles. The molecule has 0 bridgehead atoms. The van der Waals surface area contributed by atoms with Gasteiger partial charge in [0.25, 0.3) is 0 Å². The predicted molar refractivity (Wildman–Crippen MR) is 66.7 cm³/mol. The molecule has 0 atom stereocenters. The van der Waals surface area contributed by atoms with Crippen LogP contribution in [0.3, 0.4) is 0 Å². The molecule has 0 aliphatic heterocycles. The Labute approximate surface area is 93.9 Å². The summed E-state index contributed by atoms with van der Waals surface area (Å²) in [5.74, 6) is 0. The molecule has 78 valence electrons. The van der Waals surface area contributed by atoms with Gasteiger partial charge in [0.05, 0.1) is 0 Å². The highest BCUT2D eigenvalue weighted by atomic mass is 32.2. The van der Waals surface area contributed by atoms with Crippen LogP contribution in [-0.2, 0) is 0 Å². The number of hydrogen-bond acceptors (Lipinski definition) is 3. The maximum atomic E-state index is 9.30. The predicted octanol–water partition coefficient (Wildman–Crippen LogP) is 2.48. The molecular weight excluding hydrogens is 227 g/mol. The summed E-state index contributed by atoms with van der Waals surface area (Å²) in [4.78, 5) is 19.8. The minimum Gasteiger partial charge on any atom is -0.347 e. The van der Waals surface area contributed by atoms with E-state index in [2.05, 4.69) is 0 Å². The van der Waals surface area contributed by atoms with Crippen molar-refractivity contribution in [3.8, 4) is 0 Å². The SMILES string of the molecule is CSc1cccc2c(P(O)O)cccc12. The van der Waals surface area contributed by atoms with Gasteiger partial charge in [0, 0.05) is 10.2 Å². The smallest absolute Gasteiger partial charge is 0.200 e. The van der Waals surface area contributed by atoms with Gasteiger partial charge in [-0.1, -0.05) is 24.3 Å². The van der Waals surface area contributed by atoms with E-state index >= 15 is 0 Å². The lowest BCUT2D eigenvalue weighted by molar-refractivity contribution is 0.497. The monoisotopic (exact) mass is 238 g/mol. The van der Waals surface area contributed by atoms with E-state index in [-0.39, 0.29) is 0 Å². The molecule has 0 fully saturated rings. The van der Waals surface area contributed by atoms with E-state index in [0.717, 1.165) is 15.7 Å². The molecule has 0 aliphatic rings. The van der Waals surface area contributed by atoms with Crippen molar-refractivity contribution in [3.63, 3.8) is 0 Å². The van der Waals surface area contributed by atoms with Gasteiger partial charge in [-0.3, -0.25) is 0 Å². The normalized spacial score (nSPS) is 11.2. The van der Waals surface area contributed by atoms with Gasteiger partial charge in [0.2, 0.25) is 0 Å². The van der Waals surface area contributed by atoms with Gasteiger partial charge in [-0.25, -0.2) is 0 Å². The summed E-state index contributed by atoms with van der Waals surface area (Å²) < 4.78 is 0. The number of rotatable bonds is 2. The molecule has 0 radical (unpaired) electrons. The summed E-state index contributed by atoms with van der Waals surface area (Å²) in [7, 11) is -2.02. The Hall–Kier alpha value is -0.600. The fourth-order valence-electron chi connectivity index (χ4n) is 1.62. The number of hydrogen-bond donors (Lipinski definition) is 2. The summed E-state index contributed by atoms with van der Waals surface area (Å²) in [6.07, 6.45) is 2.02. The third-order valence-corrected chi connectivity index (χ3v) is 3.91. The first kappa shape index (κ1) is 10.9. The standard InChI is InChI=1S/C11H11O2PS/c1-15-11-7-3-4-8-9(11)5-2-6-10(8)14(12)13/h2-7,12-13H,1H3. The zero-order valence-corrected chi connectivity index (χ0v) is 9.92. The lowest BCUT2D eigenvalue weighted by Gasteiger charge is -2.09. The van der Waals surface area contributed by atoms with Crippen LogP contribution in [0.15, 0.2) is 41.3 Å². The molecule has 4 heteroatoms. The van der Waals surface area contributed by atoms with E-state index in [9.17, 15) is 9.79 Å². The van der Waals surface area contributed by atoms with Gasteiger partial charge in [-0.2, -0.15) is 0 Å². The summed E-state index contributed by atoms with van der Waals surface area (Å²) in [5, 5.41) is 2.64. The van der Waals surface area contributed by atoms with Crippen molar-refractivity contribution in [1.82, 2.24) is 0 Å². The molecule has 15 heavy (non-hydrogen) atoms. The Morgan fingerprint density at radius 1 is 1.00 bits per heavy atom. The van der Waals surface area contributed by atoms with E-state index in [0.29, 0.717) is 5.30 Å². The van der Waals surface area contributed by atoms with E-state index < -0.39 is 8.38 Å².